The highest BCUT2D eigenvalue weighted by Crippen LogP contribution is 2.18. The summed E-state index contributed by atoms with van der Waals surface area (Å²) in [5, 5.41) is 11.2. The molecule has 64 valence electrons. The van der Waals surface area contributed by atoms with Gasteiger partial charge in [0.05, 0.1) is 13.2 Å². The molecule has 2 N–H and O–H groups in total. The van der Waals surface area contributed by atoms with Crippen LogP contribution in [-0.4, -0.2) is 23.3 Å². The van der Waals surface area contributed by atoms with Crippen LogP contribution in [0.4, 0.5) is 5.13 Å². The molecular weight excluding hydrogens is 180 g/mol. The molecule has 0 amide bonds. The van der Waals surface area contributed by atoms with Crippen LogP contribution in [0.5, 0.6) is 5.19 Å². The maximum atomic E-state index is 7.92. The number of rotatable bonds is 4. The van der Waals surface area contributed by atoms with Gasteiger partial charge in [-0.05, 0) is 16.9 Å². The van der Waals surface area contributed by atoms with Gasteiger partial charge in [-0.15, -0.1) is 5.10 Å². The van der Waals surface area contributed by atoms with Crippen LogP contribution >= 0.6 is 11.3 Å². The van der Waals surface area contributed by atoms with Crippen molar-refractivity contribution >= 4 is 16.5 Å². The maximum absolute atomic E-state index is 7.92. The summed E-state index contributed by atoms with van der Waals surface area (Å²) >= 11 is 1.14. The molecule has 1 heterocycles. The van der Waals surface area contributed by atoms with E-state index in [-0.39, 0.29) is 6.54 Å². The molecule has 0 spiro atoms. The van der Waals surface area contributed by atoms with Gasteiger partial charge in [-0.3, -0.25) is 0 Å². The maximum Gasteiger partial charge on any atom is 0.295 e. The zero-order valence-electron chi connectivity index (χ0n) is 6.04. The Balaban J connectivity index is 2.28. The lowest BCUT2D eigenvalue weighted by Crippen LogP contribution is -1.99. The van der Waals surface area contributed by atoms with E-state index in [4.69, 9.17) is 16.0 Å². The summed E-state index contributed by atoms with van der Waals surface area (Å²) in [6.45, 7) is 0.564. The molecule has 0 atom stereocenters. The molecule has 0 saturated heterocycles. The Morgan fingerprint density at radius 1 is 1.67 bits per heavy atom. The number of ether oxygens (including phenoxy) is 1. The fourth-order valence-electron chi connectivity index (χ4n) is 0.497. The quantitative estimate of drug-likeness (QED) is 0.324. The average Bonchev–Trinajstić information content (AvgIpc) is 2.45. The van der Waals surface area contributed by atoms with Crippen molar-refractivity contribution in [2.45, 2.75) is 0 Å². The molecule has 7 nitrogen and oxygen atoms in total. The number of anilines is 1. The summed E-state index contributed by atoms with van der Waals surface area (Å²) in [5.74, 6) is 0. The van der Waals surface area contributed by atoms with E-state index >= 15 is 0 Å². The van der Waals surface area contributed by atoms with Gasteiger partial charge in [-0.1, -0.05) is 10.2 Å². The van der Waals surface area contributed by atoms with Crippen molar-refractivity contribution in [3.63, 3.8) is 0 Å². The predicted molar refractivity (Wildman–Crippen MR) is 43.8 cm³/mol. The van der Waals surface area contributed by atoms with E-state index in [0.717, 1.165) is 11.3 Å². The third-order valence-corrected chi connectivity index (χ3v) is 1.57. The lowest BCUT2D eigenvalue weighted by Gasteiger charge is -1.94. The Hall–Kier alpha value is -1.53. The molecule has 12 heavy (non-hydrogen) atoms. The molecule has 8 heteroatoms. The van der Waals surface area contributed by atoms with Crippen LogP contribution in [-0.2, 0) is 0 Å². The number of hydrogen-bond acceptors (Lipinski definition) is 6. The van der Waals surface area contributed by atoms with Crippen LogP contribution < -0.4 is 10.5 Å². The van der Waals surface area contributed by atoms with Gasteiger partial charge in [0.25, 0.3) is 5.19 Å². The Morgan fingerprint density at radius 2 is 2.50 bits per heavy atom. The lowest BCUT2D eigenvalue weighted by atomic mass is 10.7. The molecule has 0 bridgehead atoms. The predicted octanol–water partition coefficient (Wildman–Crippen LogP) is 0.809. The Kier molecular flexibility index (Phi) is 3.12. The van der Waals surface area contributed by atoms with Gasteiger partial charge < -0.3 is 10.5 Å². The van der Waals surface area contributed by atoms with E-state index < -0.39 is 0 Å². The van der Waals surface area contributed by atoms with Gasteiger partial charge in [0, 0.05) is 4.91 Å². The van der Waals surface area contributed by atoms with Gasteiger partial charge in [0.15, 0.2) is 0 Å². The molecule has 1 aromatic heterocycles. The molecule has 0 fully saturated rings. The minimum absolute atomic E-state index is 0.274. The van der Waals surface area contributed by atoms with Crippen molar-refractivity contribution in [2.24, 2.45) is 5.11 Å². The Morgan fingerprint density at radius 3 is 3.08 bits per heavy atom. The van der Waals surface area contributed by atoms with Crippen molar-refractivity contribution < 1.29 is 4.74 Å². The molecule has 0 aromatic carbocycles. The first kappa shape index (κ1) is 8.57. The monoisotopic (exact) mass is 186 g/mol. The first-order valence-electron chi connectivity index (χ1n) is 3.05. The van der Waals surface area contributed by atoms with E-state index in [2.05, 4.69) is 20.2 Å². The number of hydrogen-bond donors (Lipinski definition) is 1. The highest BCUT2D eigenvalue weighted by Gasteiger charge is 1.99. The second-order valence-corrected chi connectivity index (χ2v) is 2.68. The average molecular weight is 186 g/mol. The molecule has 0 unspecified atom stereocenters. The SMILES string of the molecule is [N-]=[N+]=NCCOc1nnc(N)s1. The van der Waals surface area contributed by atoms with Crippen molar-refractivity contribution in [1.29, 1.82) is 0 Å². The van der Waals surface area contributed by atoms with Crippen LogP contribution in [0.25, 0.3) is 10.4 Å². The molecule has 1 aromatic rings. The summed E-state index contributed by atoms with van der Waals surface area (Å²) in [7, 11) is 0. The van der Waals surface area contributed by atoms with E-state index in [1.54, 1.807) is 0 Å². The summed E-state index contributed by atoms with van der Waals surface area (Å²) in [4.78, 5) is 2.56. The van der Waals surface area contributed by atoms with Gasteiger partial charge in [0.1, 0.15) is 0 Å². The minimum atomic E-state index is 0.274. The number of azide groups is 1. The third-order valence-electron chi connectivity index (χ3n) is 0.902. The van der Waals surface area contributed by atoms with E-state index in [1.807, 2.05) is 0 Å². The summed E-state index contributed by atoms with van der Waals surface area (Å²) in [6.07, 6.45) is 0. The summed E-state index contributed by atoms with van der Waals surface area (Å²) in [5.41, 5.74) is 13.2. The molecule has 0 radical (unpaired) electrons. The molecule has 0 aliphatic rings. The summed E-state index contributed by atoms with van der Waals surface area (Å²) in [6, 6.07) is 0. The van der Waals surface area contributed by atoms with Crippen LogP contribution in [0, 0.1) is 0 Å². The van der Waals surface area contributed by atoms with Crippen molar-refractivity contribution in [2.75, 3.05) is 18.9 Å². The molecule has 0 aliphatic heterocycles. The van der Waals surface area contributed by atoms with Crippen molar-refractivity contribution in [3.05, 3.63) is 10.4 Å². The first-order valence-corrected chi connectivity index (χ1v) is 3.87. The normalized spacial score (nSPS) is 9.00. The number of nitrogens with zero attached hydrogens (tertiary/aromatic N) is 5. The zero-order chi connectivity index (χ0) is 8.81. The van der Waals surface area contributed by atoms with Crippen LogP contribution in [0.2, 0.25) is 0 Å². The molecule has 0 aliphatic carbocycles. The van der Waals surface area contributed by atoms with Crippen LogP contribution in [0.15, 0.2) is 5.11 Å². The second-order valence-electron chi connectivity index (χ2n) is 1.71. The fourth-order valence-corrected chi connectivity index (χ4v) is 0.982. The van der Waals surface area contributed by atoms with Gasteiger partial charge >= 0.3 is 0 Å². The zero-order valence-corrected chi connectivity index (χ0v) is 6.86. The first-order chi connectivity index (χ1) is 5.83. The van der Waals surface area contributed by atoms with Gasteiger partial charge in [-0.25, -0.2) is 0 Å². The fraction of sp³-hybridized carbons (Fsp3) is 0.500. The smallest absolute Gasteiger partial charge is 0.295 e. The van der Waals surface area contributed by atoms with Gasteiger partial charge in [-0.2, -0.15) is 0 Å². The van der Waals surface area contributed by atoms with E-state index in [0.29, 0.717) is 16.9 Å². The molecular formula is C4H6N6OS. The molecule has 1 rings (SSSR count). The van der Waals surface area contributed by atoms with Crippen LogP contribution in [0.3, 0.4) is 0 Å². The number of aromatic nitrogens is 2. The standard InChI is InChI=1S/C4H6N6OS/c5-3-8-9-4(12-3)11-2-1-7-10-6/h1-2H2,(H2,5,8). The van der Waals surface area contributed by atoms with Crippen molar-refractivity contribution in [3.8, 4) is 5.19 Å². The minimum Gasteiger partial charge on any atom is -0.469 e. The lowest BCUT2D eigenvalue weighted by molar-refractivity contribution is 0.323. The topological polar surface area (TPSA) is 110 Å². The van der Waals surface area contributed by atoms with E-state index in [1.165, 1.54) is 0 Å². The highest BCUT2D eigenvalue weighted by atomic mass is 32.1. The van der Waals surface area contributed by atoms with Gasteiger partial charge in [0.2, 0.25) is 5.13 Å². The van der Waals surface area contributed by atoms with E-state index in [9.17, 15) is 0 Å². The summed E-state index contributed by atoms with van der Waals surface area (Å²) < 4.78 is 5.03. The van der Waals surface area contributed by atoms with Crippen LogP contribution in [0.1, 0.15) is 0 Å². The second kappa shape index (κ2) is 4.37. The Labute approximate surface area is 71.8 Å². The van der Waals surface area contributed by atoms with Crippen molar-refractivity contribution in [1.82, 2.24) is 10.2 Å². The number of nitrogen functional groups attached to an aromatic ring is 1. The highest BCUT2D eigenvalue weighted by molar-refractivity contribution is 7.16. The number of nitrogens with two attached hydrogens (primary N) is 1. The largest absolute Gasteiger partial charge is 0.469 e. The third kappa shape index (κ3) is 2.60. The Bertz CT molecular complexity index is 291. The molecule has 0 saturated carbocycles.